The van der Waals surface area contributed by atoms with Crippen molar-refractivity contribution in [1.82, 2.24) is 5.48 Å². The molecule has 3 rings (SSSR count). The first kappa shape index (κ1) is 14.4. The molecule has 4 heteroatoms. The number of carbonyl (C=O) groups is 1. The molecule has 0 aromatic heterocycles. The molecule has 112 valence electrons. The highest BCUT2D eigenvalue weighted by atomic mass is 16.5. The Balaban J connectivity index is 1.74. The van der Waals surface area contributed by atoms with Gasteiger partial charge in [0.2, 0.25) is 0 Å². The van der Waals surface area contributed by atoms with Crippen LogP contribution in [-0.4, -0.2) is 17.7 Å². The van der Waals surface area contributed by atoms with Crippen molar-refractivity contribution in [3.8, 4) is 0 Å². The second-order valence-corrected chi connectivity index (χ2v) is 5.35. The van der Waals surface area contributed by atoms with Crippen LogP contribution in [0.2, 0.25) is 0 Å². The third-order valence-electron chi connectivity index (χ3n) is 3.85. The van der Waals surface area contributed by atoms with E-state index in [1.807, 2.05) is 12.1 Å². The summed E-state index contributed by atoms with van der Waals surface area (Å²) >= 11 is 0. The number of nitrogens with zero attached hydrogens (tertiary/aromatic N) is 1. The average Bonchev–Trinajstić information content (AvgIpc) is 2.96. The predicted octanol–water partition coefficient (Wildman–Crippen LogP) is 2.77. The molecule has 22 heavy (non-hydrogen) atoms. The molecule has 0 radical (unpaired) electrons. The van der Waals surface area contributed by atoms with E-state index in [1.54, 1.807) is 11.6 Å². The van der Waals surface area contributed by atoms with E-state index in [2.05, 4.69) is 41.3 Å². The van der Waals surface area contributed by atoms with Crippen LogP contribution in [0.3, 0.4) is 0 Å². The third-order valence-corrected chi connectivity index (χ3v) is 3.85. The molecule has 2 aromatic carbocycles. The van der Waals surface area contributed by atoms with Crippen LogP contribution in [0.5, 0.6) is 0 Å². The maximum atomic E-state index is 11.0. The van der Waals surface area contributed by atoms with Crippen molar-refractivity contribution in [3.05, 3.63) is 71.3 Å². The summed E-state index contributed by atoms with van der Waals surface area (Å²) in [5, 5.41) is 8.49. The van der Waals surface area contributed by atoms with Gasteiger partial charge in [0.25, 0.3) is 5.91 Å². The number of fused-ring (bicyclic) bond motifs is 1. The lowest BCUT2D eigenvalue weighted by Gasteiger charge is -2.19. The molecule has 2 aromatic rings. The molecular weight excluding hydrogens is 276 g/mol. The van der Waals surface area contributed by atoms with Gasteiger partial charge >= 0.3 is 0 Å². The van der Waals surface area contributed by atoms with Crippen LogP contribution in [0.4, 0.5) is 5.69 Å². The van der Waals surface area contributed by atoms with E-state index in [4.69, 9.17) is 5.21 Å². The molecule has 1 aliphatic rings. The number of amides is 1. The number of hydrogen-bond donors (Lipinski definition) is 2. The topological polar surface area (TPSA) is 52.6 Å². The van der Waals surface area contributed by atoms with E-state index in [1.165, 1.54) is 22.9 Å². The SMILES string of the molecule is O=C(/C=C/c1cccc(CN2CCc3ccccc32)c1)NO. The summed E-state index contributed by atoms with van der Waals surface area (Å²) < 4.78 is 0. The number of para-hydroxylation sites is 1. The summed E-state index contributed by atoms with van der Waals surface area (Å²) in [6.45, 7) is 1.89. The lowest BCUT2D eigenvalue weighted by Crippen LogP contribution is -2.19. The molecule has 0 aliphatic carbocycles. The van der Waals surface area contributed by atoms with E-state index in [0.29, 0.717) is 0 Å². The van der Waals surface area contributed by atoms with Crippen LogP contribution in [-0.2, 0) is 17.8 Å². The molecule has 4 nitrogen and oxygen atoms in total. The fourth-order valence-electron chi connectivity index (χ4n) is 2.80. The van der Waals surface area contributed by atoms with E-state index in [9.17, 15) is 4.79 Å². The lowest BCUT2D eigenvalue weighted by atomic mass is 10.1. The maximum absolute atomic E-state index is 11.0. The van der Waals surface area contributed by atoms with Crippen LogP contribution in [0, 0.1) is 0 Å². The van der Waals surface area contributed by atoms with E-state index in [-0.39, 0.29) is 0 Å². The Bertz CT molecular complexity index is 710. The summed E-state index contributed by atoms with van der Waals surface area (Å²) in [4.78, 5) is 13.4. The second kappa shape index (κ2) is 6.45. The molecule has 2 N–H and O–H groups in total. The van der Waals surface area contributed by atoms with Gasteiger partial charge in [0.1, 0.15) is 0 Å². The Hall–Kier alpha value is -2.59. The number of hydrogen-bond acceptors (Lipinski definition) is 3. The molecule has 1 amide bonds. The molecule has 1 aliphatic heterocycles. The van der Waals surface area contributed by atoms with Gasteiger partial charge in [-0.05, 0) is 41.3 Å². The number of rotatable bonds is 4. The molecule has 0 fully saturated rings. The normalized spacial score (nSPS) is 13.4. The summed E-state index contributed by atoms with van der Waals surface area (Å²) in [5.74, 6) is -0.529. The van der Waals surface area contributed by atoms with Crippen LogP contribution in [0.25, 0.3) is 6.08 Å². The Morgan fingerprint density at radius 3 is 2.95 bits per heavy atom. The summed E-state index contributed by atoms with van der Waals surface area (Å²) in [6, 6.07) is 16.6. The van der Waals surface area contributed by atoms with Crippen molar-refractivity contribution in [3.63, 3.8) is 0 Å². The Morgan fingerprint density at radius 2 is 2.09 bits per heavy atom. The van der Waals surface area contributed by atoms with Crippen molar-refractivity contribution >= 4 is 17.7 Å². The highest BCUT2D eigenvalue weighted by Crippen LogP contribution is 2.28. The Kier molecular flexibility index (Phi) is 4.21. The number of nitrogens with one attached hydrogen (secondary N) is 1. The highest BCUT2D eigenvalue weighted by Gasteiger charge is 2.17. The minimum atomic E-state index is -0.529. The zero-order chi connectivity index (χ0) is 15.4. The molecule has 0 atom stereocenters. The van der Waals surface area contributed by atoms with Crippen LogP contribution in [0.15, 0.2) is 54.6 Å². The summed E-state index contributed by atoms with van der Waals surface area (Å²) in [5.41, 5.74) is 6.43. The van der Waals surface area contributed by atoms with Crippen LogP contribution >= 0.6 is 0 Å². The Morgan fingerprint density at radius 1 is 1.23 bits per heavy atom. The smallest absolute Gasteiger partial charge is 0.267 e. The minimum Gasteiger partial charge on any atom is -0.367 e. The fraction of sp³-hybridized carbons (Fsp3) is 0.167. The molecule has 1 heterocycles. The first-order chi connectivity index (χ1) is 10.8. The van der Waals surface area contributed by atoms with E-state index in [0.717, 1.165) is 25.1 Å². The lowest BCUT2D eigenvalue weighted by molar-refractivity contribution is -0.124. The Labute approximate surface area is 129 Å². The van der Waals surface area contributed by atoms with E-state index >= 15 is 0 Å². The van der Waals surface area contributed by atoms with Gasteiger partial charge < -0.3 is 4.90 Å². The number of hydroxylamine groups is 1. The number of anilines is 1. The highest BCUT2D eigenvalue weighted by molar-refractivity contribution is 5.90. The van der Waals surface area contributed by atoms with Gasteiger partial charge in [0.15, 0.2) is 0 Å². The monoisotopic (exact) mass is 294 g/mol. The summed E-state index contributed by atoms with van der Waals surface area (Å²) in [7, 11) is 0. The number of benzene rings is 2. The van der Waals surface area contributed by atoms with Crippen molar-refractivity contribution in [2.75, 3.05) is 11.4 Å². The van der Waals surface area contributed by atoms with Gasteiger partial charge in [-0.1, -0.05) is 36.4 Å². The zero-order valence-electron chi connectivity index (χ0n) is 12.2. The third kappa shape index (κ3) is 3.18. The van der Waals surface area contributed by atoms with Crippen LogP contribution in [0.1, 0.15) is 16.7 Å². The first-order valence-corrected chi connectivity index (χ1v) is 7.30. The quantitative estimate of drug-likeness (QED) is 0.518. The molecule has 0 saturated heterocycles. The van der Waals surface area contributed by atoms with Crippen molar-refractivity contribution in [2.24, 2.45) is 0 Å². The second-order valence-electron chi connectivity index (χ2n) is 5.35. The number of carbonyl (C=O) groups excluding carboxylic acids is 1. The van der Waals surface area contributed by atoms with Crippen molar-refractivity contribution in [2.45, 2.75) is 13.0 Å². The van der Waals surface area contributed by atoms with Gasteiger partial charge in [0, 0.05) is 24.9 Å². The molecule has 0 saturated carbocycles. The largest absolute Gasteiger partial charge is 0.367 e. The van der Waals surface area contributed by atoms with Crippen molar-refractivity contribution < 1.29 is 10.0 Å². The average molecular weight is 294 g/mol. The molecular formula is C18H18N2O2. The van der Waals surface area contributed by atoms with Gasteiger partial charge in [0.05, 0.1) is 0 Å². The first-order valence-electron chi connectivity index (χ1n) is 7.30. The standard InChI is InChI=1S/C18H18N2O2/c21-18(19-22)9-8-14-4-3-5-15(12-14)13-20-11-10-16-6-1-2-7-17(16)20/h1-9,12,22H,10-11,13H2,(H,19,21)/b9-8+. The summed E-state index contributed by atoms with van der Waals surface area (Å²) in [6.07, 6.45) is 4.09. The molecule has 0 spiro atoms. The van der Waals surface area contributed by atoms with Gasteiger partial charge in [-0.2, -0.15) is 0 Å². The van der Waals surface area contributed by atoms with Gasteiger partial charge in [-0.3, -0.25) is 10.0 Å². The molecule has 0 bridgehead atoms. The van der Waals surface area contributed by atoms with Crippen molar-refractivity contribution in [1.29, 1.82) is 0 Å². The van der Waals surface area contributed by atoms with Crippen LogP contribution < -0.4 is 10.4 Å². The van der Waals surface area contributed by atoms with Gasteiger partial charge in [-0.25, -0.2) is 5.48 Å². The van der Waals surface area contributed by atoms with Gasteiger partial charge in [-0.15, -0.1) is 0 Å². The molecule has 0 unspecified atom stereocenters. The minimum absolute atomic E-state index is 0.529. The zero-order valence-corrected chi connectivity index (χ0v) is 12.2. The fourth-order valence-corrected chi connectivity index (χ4v) is 2.80. The maximum Gasteiger partial charge on any atom is 0.267 e. The predicted molar refractivity (Wildman–Crippen MR) is 86.6 cm³/mol. The van der Waals surface area contributed by atoms with E-state index < -0.39 is 5.91 Å².